The molecule has 1 aromatic heterocycles. The van der Waals surface area contributed by atoms with Gasteiger partial charge in [-0.25, -0.2) is 4.79 Å². The number of hydrogen-bond donors (Lipinski definition) is 2. The first-order valence-electron chi connectivity index (χ1n) is 8.42. The molecule has 1 aromatic carbocycles. The summed E-state index contributed by atoms with van der Waals surface area (Å²) in [4.78, 5) is 14.4. The fourth-order valence-corrected chi connectivity index (χ4v) is 3.71. The Hall–Kier alpha value is -2.15. The van der Waals surface area contributed by atoms with Gasteiger partial charge in [0, 0.05) is 31.7 Å². The number of hydrogen-bond acceptors (Lipinski definition) is 5. The van der Waals surface area contributed by atoms with Crippen molar-refractivity contribution in [2.45, 2.75) is 26.2 Å². The van der Waals surface area contributed by atoms with Crippen LogP contribution >= 0.6 is 11.3 Å². The van der Waals surface area contributed by atoms with Crippen molar-refractivity contribution in [2.24, 2.45) is 5.92 Å². The minimum atomic E-state index is -0.202. The maximum atomic E-state index is 12.0. The number of amides is 2. The molecule has 0 saturated carbocycles. The SMILES string of the molecule is CCCc1nnc(NC(=O)NC[C@H]2CCN(c3ccccc3)C2)s1. The number of para-hydroxylation sites is 1. The van der Waals surface area contributed by atoms with Crippen LogP contribution in [0, 0.1) is 5.92 Å². The maximum absolute atomic E-state index is 12.0. The predicted octanol–water partition coefficient (Wildman–Crippen LogP) is 3.14. The first-order valence-corrected chi connectivity index (χ1v) is 9.23. The van der Waals surface area contributed by atoms with Gasteiger partial charge in [-0.2, -0.15) is 0 Å². The predicted molar refractivity (Wildman–Crippen MR) is 97.7 cm³/mol. The summed E-state index contributed by atoms with van der Waals surface area (Å²) in [6.07, 6.45) is 3.02. The highest BCUT2D eigenvalue weighted by Gasteiger charge is 2.23. The quantitative estimate of drug-likeness (QED) is 0.844. The molecule has 128 valence electrons. The molecular formula is C17H23N5OS. The third-order valence-corrected chi connectivity index (χ3v) is 5.01. The molecule has 1 saturated heterocycles. The Balaban J connectivity index is 1.42. The third kappa shape index (κ3) is 4.44. The van der Waals surface area contributed by atoms with E-state index < -0.39 is 0 Å². The van der Waals surface area contributed by atoms with E-state index in [-0.39, 0.29) is 6.03 Å². The van der Waals surface area contributed by atoms with Crippen LogP contribution in [0.1, 0.15) is 24.8 Å². The van der Waals surface area contributed by atoms with Crippen LogP contribution < -0.4 is 15.5 Å². The summed E-state index contributed by atoms with van der Waals surface area (Å²) < 4.78 is 0. The number of aromatic nitrogens is 2. The molecule has 1 fully saturated rings. The van der Waals surface area contributed by atoms with Crippen LogP contribution in [-0.2, 0) is 6.42 Å². The molecule has 1 aliphatic heterocycles. The number of nitrogens with zero attached hydrogens (tertiary/aromatic N) is 3. The summed E-state index contributed by atoms with van der Waals surface area (Å²) in [6.45, 7) is 4.79. The number of carbonyl (C=O) groups excluding carboxylic acids is 1. The van der Waals surface area contributed by atoms with Crippen molar-refractivity contribution >= 4 is 28.2 Å². The Labute approximate surface area is 146 Å². The lowest BCUT2D eigenvalue weighted by Gasteiger charge is -2.18. The van der Waals surface area contributed by atoms with Gasteiger partial charge in [0.2, 0.25) is 5.13 Å². The van der Waals surface area contributed by atoms with E-state index in [1.165, 1.54) is 17.0 Å². The Morgan fingerprint density at radius 1 is 1.33 bits per heavy atom. The molecule has 2 aromatic rings. The molecule has 0 spiro atoms. The molecule has 7 heteroatoms. The molecule has 2 heterocycles. The first-order chi connectivity index (χ1) is 11.7. The number of rotatable bonds is 6. The minimum absolute atomic E-state index is 0.202. The van der Waals surface area contributed by atoms with Gasteiger partial charge in [0.25, 0.3) is 0 Å². The van der Waals surface area contributed by atoms with Gasteiger partial charge in [-0.3, -0.25) is 5.32 Å². The maximum Gasteiger partial charge on any atom is 0.321 e. The van der Waals surface area contributed by atoms with E-state index in [0.717, 1.165) is 37.4 Å². The highest BCUT2D eigenvalue weighted by molar-refractivity contribution is 7.15. The summed E-state index contributed by atoms with van der Waals surface area (Å²) in [7, 11) is 0. The highest BCUT2D eigenvalue weighted by Crippen LogP contribution is 2.23. The van der Waals surface area contributed by atoms with Gasteiger partial charge in [0.05, 0.1) is 0 Å². The van der Waals surface area contributed by atoms with Crippen molar-refractivity contribution in [1.29, 1.82) is 0 Å². The lowest BCUT2D eigenvalue weighted by Crippen LogP contribution is -2.34. The standard InChI is InChI=1S/C17H23N5OS/c1-2-6-15-20-21-17(24-15)19-16(23)18-11-13-9-10-22(12-13)14-7-4-3-5-8-14/h3-5,7-8,13H,2,6,9-12H2,1H3,(H2,18,19,21,23)/t13-/m1/s1. The van der Waals surface area contributed by atoms with Crippen molar-refractivity contribution in [1.82, 2.24) is 15.5 Å². The number of benzene rings is 1. The zero-order chi connectivity index (χ0) is 16.8. The lowest BCUT2D eigenvalue weighted by molar-refractivity contribution is 0.250. The van der Waals surface area contributed by atoms with Crippen molar-refractivity contribution in [2.75, 3.05) is 29.9 Å². The molecule has 6 nitrogen and oxygen atoms in total. The van der Waals surface area contributed by atoms with Gasteiger partial charge in [-0.05, 0) is 30.9 Å². The lowest BCUT2D eigenvalue weighted by atomic mass is 10.1. The largest absolute Gasteiger partial charge is 0.371 e. The first kappa shape index (κ1) is 16.7. The Morgan fingerprint density at radius 2 is 2.17 bits per heavy atom. The molecule has 1 aliphatic rings. The second-order valence-electron chi connectivity index (χ2n) is 6.02. The Morgan fingerprint density at radius 3 is 2.96 bits per heavy atom. The monoisotopic (exact) mass is 345 g/mol. The van der Waals surface area contributed by atoms with E-state index in [4.69, 9.17) is 0 Å². The van der Waals surface area contributed by atoms with E-state index >= 15 is 0 Å². The third-order valence-electron chi connectivity index (χ3n) is 4.11. The fourth-order valence-electron chi connectivity index (χ4n) is 2.87. The molecule has 1 atom stereocenters. The second-order valence-corrected chi connectivity index (χ2v) is 7.08. The second kappa shape index (κ2) is 8.10. The van der Waals surface area contributed by atoms with Crippen LogP contribution in [0.4, 0.5) is 15.6 Å². The van der Waals surface area contributed by atoms with Crippen molar-refractivity contribution < 1.29 is 4.79 Å². The van der Waals surface area contributed by atoms with E-state index in [2.05, 4.69) is 56.9 Å². The van der Waals surface area contributed by atoms with Gasteiger partial charge in [-0.15, -0.1) is 10.2 Å². The van der Waals surface area contributed by atoms with E-state index in [1.807, 2.05) is 6.07 Å². The molecule has 3 rings (SSSR count). The summed E-state index contributed by atoms with van der Waals surface area (Å²) in [5.41, 5.74) is 1.25. The summed E-state index contributed by atoms with van der Waals surface area (Å²) in [6, 6.07) is 10.2. The van der Waals surface area contributed by atoms with Gasteiger partial charge < -0.3 is 10.2 Å². The van der Waals surface area contributed by atoms with Crippen LogP contribution in [0.15, 0.2) is 30.3 Å². The molecule has 0 bridgehead atoms. The van der Waals surface area contributed by atoms with E-state index in [1.54, 1.807) is 0 Å². The number of urea groups is 1. The van der Waals surface area contributed by atoms with Crippen LogP contribution in [0.25, 0.3) is 0 Å². The fraction of sp³-hybridized carbons (Fsp3) is 0.471. The van der Waals surface area contributed by atoms with Crippen LogP contribution in [-0.4, -0.2) is 35.9 Å². The summed E-state index contributed by atoms with van der Waals surface area (Å²) >= 11 is 1.44. The average molecular weight is 345 g/mol. The normalized spacial score (nSPS) is 17.0. The number of nitrogens with one attached hydrogen (secondary N) is 2. The van der Waals surface area contributed by atoms with Crippen molar-refractivity contribution in [3.05, 3.63) is 35.3 Å². The van der Waals surface area contributed by atoms with Gasteiger partial charge in [0.15, 0.2) is 0 Å². The molecule has 0 unspecified atom stereocenters. The van der Waals surface area contributed by atoms with Crippen LogP contribution in [0.2, 0.25) is 0 Å². The molecule has 24 heavy (non-hydrogen) atoms. The van der Waals surface area contributed by atoms with E-state index in [9.17, 15) is 4.79 Å². The molecule has 0 radical (unpaired) electrons. The number of anilines is 2. The smallest absolute Gasteiger partial charge is 0.321 e. The molecule has 2 N–H and O–H groups in total. The van der Waals surface area contributed by atoms with Crippen molar-refractivity contribution in [3.63, 3.8) is 0 Å². The van der Waals surface area contributed by atoms with Gasteiger partial charge in [-0.1, -0.05) is 36.5 Å². The molecular weight excluding hydrogens is 322 g/mol. The minimum Gasteiger partial charge on any atom is -0.371 e. The zero-order valence-electron chi connectivity index (χ0n) is 13.9. The number of carbonyl (C=O) groups is 1. The molecule has 2 amide bonds. The van der Waals surface area contributed by atoms with Crippen LogP contribution in [0.5, 0.6) is 0 Å². The highest BCUT2D eigenvalue weighted by atomic mass is 32.1. The molecule has 0 aliphatic carbocycles. The summed E-state index contributed by atoms with van der Waals surface area (Å²) in [5.74, 6) is 0.473. The Kier molecular flexibility index (Phi) is 5.63. The topological polar surface area (TPSA) is 70.1 Å². The average Bonchev–Trinajstić information content (AvgIpc) is 3.24. The Bertz CT molecular complexity index is 660. The van der Waals surface area contributed by atoms with Gasteiger partial charge >= 0.3 is 6.03 Å². The van der Waals surface area contributed by atoms with Crippen LogP contribution in [0.3, 0.4) is 0 Å². The number of aryl methyl sites for hydroxylation is 1. The van der Waals surface area contributed by atoms with E-state index in [0.29, 0.717) is 17.6 Å². The summed E-state index contributed by atoms with van der Waals surface area (Å²) in [5, 5.41) is 15.3. The van der Waals surface area contributed by atoms with Crippen molar-refractivity contribution in [3.8, 4) is 0 Å². The zero-order valence-corrected chi connectivity index (χ0v) is 14.7. The van der Waals surface area contributed by atoms with Gasteiger partial charge in [0.1, 0.15) is 5.01 Å².